The predicted molar refractivity (Wildman–Crippen MR) is 171 cm³/mol. The minimum Gasteiger partial charge on any atom is -0.461 e. The van der Waals surface area contributed by atoms with Gasteiger partial charge in [0.25, 0.3) is 0 Å². The SMILES string of the molecule is CC(C)C[C@H](NC(=O)[C@H](CC(=O)OCc1ccccc1)NC(=O)[C@H]1NCCC[C@@H]1C(=O)N1CCCC1)C(=O)OCc1ccccc1. The minimum atomic E-state index is -1.35. The molecule has 4 rings (SSSR count). The first-order valence-electron chi connectivity index (χ1n) is 16.2. The summed E-state index contributed by atoms with van der Waals surface area (Å²) in [5.41, 5.74) is 1.57. The zero-order chi connectivity index (χ0) is 32.9. The molecular weight excluding hydrogens is 588 g/mol. The van der Waals surface area contributed by atoms with Gasteiger partial charge in [-0.15, -0.1) is 0 Å². The number of nitrogens with one attached hydrogen (secondary N) is 3. The first-order valence-corrected chi connectivity index (χ1v) is 16.2. The minimum absolute atomic E-state index is 0.000334. The molecule has 2 aliphatic rings. The second kappa shape index (κ2) is 17.4. The van der Waals surface area contributed by atoms with E-state index in [0.29, 0.717) is 26.1 Å². The van der Waals surface area contributed by atoms with E-state index in [1.165, 1.54) is 0 Å². The Kier molecular flexibility index (Phi) is 13.1. The maximum Gasteiger partial charge on any atom is 0.328 e. The molecule has 3 N–H and O–H groups in total. The Balaban J connectivity index is 1.47. The molecule has 0 saturated carbocycles. The van der Waals surface area contributed by atoms with Crippen LogP contribution in [-0.2, 0) is 46.7 Å². The Morgan fingerprint density at radius 1 is 0.826 bits per heavy atom. The van der Waals surface area contributed by atoms with Crippen molar-refractivity contribution in [1.82, 2.24) is 20.9 Å². The Bertz CT molecular complexity index is 1310. The number of carbonyl (C=O) groups excluding carboxylic acids is 5. The molecule has 11 heteroatoms. The third kappa shape index (κ3) is 10.4. The summed E-state index contributed by atoms with van der Waals surface area (Å²) >= 11 is 0. The summed E-state index contributed by atoms with van der Waals surface area (Å²) in [5, 5.41) is 8.58. The number of piperidine rings is 1. The molecule has 11 nitrogen and oxygen atoms in total. The second-order valence-corrected chi connectivity index (χ2v) is 12.4. The van der Waals surface area contributed by atoms with Crippen LogP contribution in [0.15, 0.2) is 60.7 Å². The van der Waals surface area contributed by atoms with Crippen LogP contribution in [0.5, 0.6) is 0 Å². The number of carbonyl (C=O) groups is 5. The smallest absolute Gasteiger partial charge is 0.328 e. The summed E-state index contributed by atoms with van der Waals surface area (Å²) in [5.74, 6) is -3.22. The molecule has 0 aliphatic carbocycles. The van der Waals surface area contributed by atoms with E-state index in [9.17, 15) is 24.0 Å². The highest BCUT2D eigenvalue weighted by atomic mass is 16.5. The summed E-state index contributed by atoms with van der Waals surface area (Å²) in [7, 11) is 0. The second-order valence-electron chi connectivity index (χ2n) is 12.4. The number of hydrogen-bond donors (Lipinski definition) is 3. The fourth-order valence-corrected chi connectivity index (χ4v) is 5.82. The van der Waals surface area contributed by atoms with Gasteiger partial charge < -0.3 is 30.3 Å². The van der Waals surface area contributed by atoms with Crippen molar-refractivity contribution in [3.05, 3.63) is 71.8 Å². The van der Waals surface area contributed by atoms with Crippen molar-refractivity contribution in [3.8, 4) is 0 Å². The normalized spacial score (nSPS) is 19.2. The molecule has 2 saturated heterocycles. The van der Waals surface area contributed by atoms with Crippen molar-refractivity contribution in [2.45, 2.75) is 83.7 Å². The van der Waals surface area contributed by atoms with Gasteiger partial charge >= 0.3 is 11.9 Å². The first-order chi connectivity index (χ1) is 22.2. The third-order valence-electron chi connectivity index (χ3n) is 8.25. The van der Waals surface area contributed by atoms with E-state index in [1.54, 1.807) is 4.90 Å². The van der Waals surface area contributed by atoms with Gasteiger partial charge in [0.05, 0.1) is 18.4 Å². The van der Waals surface area contributed by atoms with Crippen LogP contribution in [-0.4, -0.2) is 72.3 Å². The molecule has 46 heavy (non-hydrogen) atoms. The van der Waals surface area contributed by atoms with Gasteiger partial charge in [0.15, 0.2) is 0 Å². The van der Waals surface area contributed by atoms with Crippen LogP contribution in [0, 0.1) is 11.8 Å². The van der Waals surface area contributed by atoms with E-state index in [-0.39, 0.29) is 31.5 Å². The molecule has 4 atom stereocenters. The van der Waals surface area contributed by atoms with Crippen LogP contribution >= 0.6 is 0 Å². The lowest BCUT2D eigenvalue weighted by molar-refractivity contribution is -0.150. The van der Waals surface area contributed by atoms with Gasteiger partial charge in [-0.2, -0.15) is 0 Å². The molecule has 2 aliphatic heterocycles. The number of rotatable bonds is 14. The molecule has 0 spiro atoms. The van der Waals surface area contributed by atoms with Crippen LogP contribution in [0.3, 0.4) is 0 Å². The quantitative estimate of drug-likeness (QED) is 0.269. The van der Waals surface area contributed by atoms with Gasteiger partial charge in [-0.1, -0.05) is 74.5 Å². The zero-order valence-corrected chi connectivity index (χ0v) is 26.7. The molecule has 3 amide bonds. The van der Waals surface area contributed by atoms with Crippen molar-refractivity contribution >= 4 is 29.7 Å². The molecule has 2 aromatic carbocycles. The molecule has 0 aromatic heterocycles. The third-order valence-corrected chi connectivity index (χ3v) is 8.25. The first kappa shape index (κ1) is 34.6. The largest absolute Gasteiger partial charge is 0.461 e. The number of likely N-dealkylation sites (tertiary alicyclic amines) is 1. The van der Waals surface area contributed by atoms with Gasteiger partial charge in [-0.25, -0.2) is 4.79 Å². The van der Waals surface area contributed by atoms with E-state index in [4.69, 9.17) is 9.47 Å². The highest BCUT2D eigenvalue weighted by Gasteiger charge is 2.40. The molecule has 2 aromatic rings. The monoisotopic (exact) mass is 634 g/mol. The lowest BCUT2D eigenvalue weighted by Gasteiger charge is -2.34. The Hall–Kier alpha value is -4.25. The average Bonchev–Trinajstić information content (AvgIpc) is 3.61. The Morgan fingerprint density at radius 3 is 2.04 bits per heavy atom. The average molecular weight is 635 g/mol. The standard InChI is InChI=1S/C35H46N4O7/c1-24(2)20-29(35(44)46-23-26-14-7-4-8-15-26)38-32(41)28(21-30(40)45-22-25-12-5-3-6-13-25)37-33(42)31-27(16-11-17-36-31)34(43)39-18-9-10-19-39/h3-8,12-15,24,27-29,31,36H,9-11,16-23H2,1-2H3,(H,37,42)(H,38,41)/t27-,28-,29-,31-/m0/s1. The van der Waals surface area contributed by atoms with E-state index >= 15 is 0 Å². The molecule has 0 bridgehead atoms. The van der Waals surface area contributed by atoms with E-state index in [1.807, 2.05) is 74.5 Å². The summed E-state index contributed by atoms with van der Waals surface area (Å²) in [6.45, 7) is 5.74. The van der Waals surface area contributed by atoms with Crippen molar-refractivity contribution in [3.63, 3.8) is 0 Å². The van der Waals surface area contributed by atoms with Crippen molar-refractivity contribution in [1.29, 1.82) is 0 Å². The lowest BCUT2D eigenvalue weighted by atomic mass is 9.88. The van der Waals surface area contributed by atoms with Crippen molar-refractivity contribution < 1.29 is 33.4 Å². The molecule has 2 fully saturated rings. The summed E-state index contributed by atoms with van der Waals surface area (Å²) in [6.07, 6.45) is 2.97. The van der Waals surface area contributed by atoms with Crippen molar-refractivity contribution in [2.24, 2.45) is 11.8 Å². The molecule has 248 valence electrons. The fourth-order valence-electron chi connectivity index (χ4n) is 5.82. The van der Waals surface area contributed by atoms with Crippen molar-refractivity contribution in [2.75, 3.05) is 19.6 Å². The number of nitrogens with zero attached hydrogens (tertiary/aromatic N) is 1. The number of benzene rings is 2. The lowest BCUT2D eigenvalue weighted by Crippen LogP contribution is -2.60. The Morgan fingerprint density at radius 2 is 1.43 bits per heavy atom. The highest BCUT2D eigenvalue weighted by Crippen LogP contribution is 2.22. The van der Waals surface area contributed by atoms with Crippen LogP contribution in [0.2, 0.25) is 0 Å². The molecular formula is C35H46N4O7. The van der Waals surface area contributed by atoms with Crippen LogP contribution in [0.4, 0.5) is 0 Å². The Labute approximate surface area is 270 Å². The van der Waals surface area contributed by atoms with Crippen LogP contribution in [0.1, 0.15) is 63.5 Å². The van der Waals surface area contributed by atoms with E-state index < -0.39 is 54.2 Å². The summed E-state index contributed by atoms with van der Waals surface area (Å²) in [6, 6.07) is 15.1. The molecule has 0 radical (unpaired) electrons. The number of esters is 2. The van der Waals surface area contributed by atoms with Gasteiger partial charge in [-0.3, -0.25) is 19.2 Å². The number of ether oxygens (including phenoxy) is 2. The van der Waals surface area contributed by atoms with Gasteiger partial charge in [0.2, 0.25) is 17.7 Å². The fraction of sp³-hybridized carbons (Fsp3) is 0.514. The highest BCUT2D eigenvalue weighted by molar-refractivity contribution is 5.96. The van der Waals surface area contributed by atoms with E-state index in [0.717, 1.165) is 30.4 Å². The molecule has 0 unspecified atom stereocenters. The zero-order valence-electron chi connectivity index (χ0n) is 26.7. The van der Waals surface area contributed by atoms with Gasteiger partial charge in [0, 0.05) is 13.1 Å². The van der Waals surface area contributed by atoms with Gasteiger partial charge in [0.1, 0.15) is 25.3 Å². The van der Waals surface area contributed by atoms with E-state index in [2.05, 4.69) is 16.0 Å². The predicted octanol–water partition coefficient (Wildman–Crippen LogP) is 2.87. The van der Waals surface area contributed by atoms with Crippen LogP contribution < -0.4 is 16.0 Å². The maximum absolute atomic E-state index is 13.7. The van der Waals surface area contributed by atoms with Crippen LogP contribution in [0.25, 0.3) is 0 Å². The maximum atomic E-state index is 13.7. The summed E-state index contributed by atoms with van der Waals surface area (Å²) in [4.78, 5) is 68.6. The summed E-state index contributed by atoms with van der Waals surface area (Å²) < 4.78 is 10.9. The number of amides is 3. The molecule has 2 heterocycles. The topological polar surface area (TPSA) is 143 Å². The van der Waals surface area contributed by atoms with Gasteiger partial charge in [-0.05, 0) is 55.7 Å². The number of hydrogen-bond acceptors (Lipinski definition) is 8.